The van der Waals surface area contributed by atoms with Gasteiger partial charge >= 0.3 is 0 Å². The van der Waals surface area contributed by atoms with Gasteiger partial charge in [-0.25, -0.2) is 0 Å². The van der Waals surface area contributed by atoms with Crippen LogP contribution in [0, 0.1) is 5.92 Å². The largest absolute Gasteiger partial charge is 0.292 e. The van der Waals surface area contributed by atoms with Crippen LogP contribution >= 0.6 is 23.1 Å². The molecule has 1 fully saturated rings. The minimum Gasteiger partial charge on any atom is -0.292 e. The van der Waals surface area contributed by atoms with Crippen molar-refractivity contribution in [2.75, 3.05) is 13.1 Å². The van der Waals surface area contributed by atoms with Gasteiger partial charge in [-0.3, -0.25) is 4.90 Å². The quantitative estimate of drug-likeness (QED) is 0.627. The lowest BCUT2D eigenvalue weighted by Gasteiger charge is -2.38. The fourth-order valence-electron chi connectivity index (χ4n) is 4.25. The molecular formula is C21H27NS2. The number of hydrogen-bond acceptors (Lipinski definition) is 3. The minimum absolute atomic E-state index is 0.476. The maximum Gasteiger partial charge on any atom is 0.0653 e. The van der Waals surface area contributed by atoms with E-state index in [9.17, 15) is 0 Å². The van der Waals surface area contributed by atoms with Gasteiger partial charge in [0, 0.05) is 5.75 Å². The highest BCUT2D eigenvalue weighted by Crippen LogP contribution is 2.45. The Balaban J connectivity index is 1.59. The van der Waals surface area contributed by atoms with Crippen molar-refractivity contribution in [2.45, 2.75) is 55.0 Å². The normalized spacial score (nSPS) is 22.0. The average molecular weight is 358 g/mol. The third-order valence-electron chi connectivity index (χ3n) is 5.64. The van der Waals surface area contributed by atoms with Crippen molar-refractivity contribution < 1.29 is 0 Å². The Kier molecular flexibility index (Phi) is 5.31. The number of thioether (sulfide) groups is 1. The van der Waals surface area contributed by atoms with Crippen LogP contribution in [0.2, 0.25) is 0 Å². The molecule has 1 unspecified atom stereocenters. The van der Waals surface area contributed by atoms with Gasteiger partial charge in [-0.05, 0) is 60.0 Å². The molecule has 0 N–H and O–H groups in total. The molecule has 3 heteroatoms. The van der Waals surface area contributed by atoms with Gasteiger partial charge in [-0.1, -0.05) is 50.5 Å². The Hall–Kier alpha value is -0.770. The maximum absolute atomic E-state index is 2.76. The van der Waals surface area contributed by atoms with Gasteiger partial charge in [0.1, 0.15) is 0 Å². The van der Waals surface area contributed by atoms with E-state index in [2.05, 4.69) is 47.5 Å². The fraction of sp³-hybridized carbons (Fsp3) is 0.524. The molecule has 0 amide bonds. The lowest BCUT2D eigenvalue weighted by Crippen LogP contribution is -2.37. The number of nitrogens with zero attached hydrogens (tertiary/aromatic N) is 1. The van der Waals surface area contributed by atoms with E-state index in [0.29, 0.717) is 6.04 Å². The zero-order valence-electron chi connectivity index (χ0n) is 14.5. The Morgan fingerprint density at radius 1 is 1.08 bits per heavy atom. The summed E-state index contributed by atoms with van der Waals surface area (Å²) in [5.74, 6) is 2.08. The lowest BCUT2D eigenvalue weighted by atomic mass is 9.88. The van der Waals surface area contributed by atoms with Crippen LogP contribution in [0.1, 0.15) is 61.8 Å². The topological polar surface area (TPSA) is 3.24 Å². The van der Waals surface area contributed by atoms with E-state index in [1.54, 1.807) is 11.1 Å². The standard InChI is InChI=1S/C21H27NS2/c1-2-3-6-16-9-12-22(13-10-16)20-18-8-5-4-7-17(18)15-24-21-19(20)11-14-23-21/h4-5,7-8,11,14,16,20H,2-3,6,9-10,12-13,15H2,1H3. The number of fused-ring (bicyclic) bond motifs is 2. The highest BCUT2D eigenvalue weighted by atomic mass is 32.2. The predicted molar refractivity (Wildman–Crippen MR) is 106 cm³/mol. The summed E-state index contributed by atoms with van der Waals surface area (Å²) in [6, 6.07) is 12.0. The van der Waals surface area contributed by atoms with Crippen LogP contribution < -0.4 is 0 Å². The highest BCUT2D eigenvalue weighted by molar-refractivity contribution is 8.00. The highest BCUT2D eigenvalue weighted by Gasteiger charge is 2.32. The summed E-state index contributed by atoms with van der Waals surface area (Å²) in [5, 5.41) is 2.28. The first-order chi connectivity index (χ1) is 11.9. The number of unbranched alkanes of at least 4 members (excludes halogenated alkanes) is 1. The van der Waals surface area contributed by atoms with Crippen molar-refractivity contribution in [3.05, 3.63) is 52.4 Å². The third kappa shape index (κ3) is 3.31. The first-order valence-corrected chi connectivity index (χ1v) is 11.3. The second-order valence-corrected chi connectivity index (χ2v) is 9.34. The van der Waals surface area contributed by atoms with E-state index in [1.165, 1.54) is 55.0 Å². The van der Waals surface area contributed by atoms with Crippen LogP contribution in [-0.4, -0.2) is 18.0 Å². The molecule has 24 heavy (non-hydrogen) atoms. The zero-order chi connectivity index (χ0) is 16.4. The van der Waals surface area contributed by atoms with Crippen LogP contribution in [0.25, 0.3) is 0 Å². The number of hydrogen-bond donors (Lipinski definition) is 0. The molecule has 0 spiro atoms. The predicted octanol–water partition coefficient (Wildman–Crippen LogP) is 6.35. The Morgan fingerprint density at radius 3 is 2.75 bits per heavy atom. The number of benzene rings is 1. The minimum atomic E-state index is 0.476. The first-order valence-electron chi connectivity index (χ1n) is 9.39. The van der Waals surface area contributed by atoms with Crippen molar-refractivity contribution in [1.29, 1.82) is 0 Å². The maximum atomic E-state index is 2.76. The monoisotopic (exact) mass is 357 g/mol. The summed E-state index contributed by atoms with van der Waals surface area (Å²) in [6.45, 7) is 4.83. The Morgan fingerprint density at radius 2 is 1.92 bits per heavy atom. The molecule has 128 valence electrons. The summed E-state index contributed by atoms with van der Waals surface area (Å²) >= 11 is 3.96. The molecule has 1 nitrogen and oxygen atoms in total. The molecule has 1 aromatic heterocycles. The number of thiophene rings is 1. The SMILES string of the molecule is CCCCC1CCN(C2c3ccccc3CSc3sccc32)CC1. The molecule has 2 aromatic rings. The van der Waals surface area contributed by atoms with Gasteiger partial charge in [0.05, 0.1) is 10.3 Å². The van der Waals surface area contributed by atoms with Crippen LogP contribution in [0.3, 0.4) is 0 Å². The smallest absolute Gasteiger partial charge is 0.0653 e. The summed E-state index contributed by atoms with van der Waals surface area (Å²) in [5.41, 5.74) is 4.64. The third-order valence-corrected chi connectivity index (χ3v) is 7.96. The molecule has 1 aromatic carbocycles. The second-order valence-electron chi connectivity index (χ2n) is 7.17. The van der Waals surface area contributed by atoms with Gasteiger partial charge in [0.25, 0.3) is 0 Å². The second kappa shape index (κ2) is 7.63. The molecule has 2 aliphatic rings. The van der Waals surface area contributed by atoms with Gasteiger partial charge in [0.15, 0.2) is 0 Å². The van der Waals surface area contributed by atoms with E-state index in [4.69, 9.17) is 0 Å². The lowest BCUT2D eigenvalue weighted by molar-refractivity contribution is 0.145. The van der Waals surface area contributed by atoms with Crippen molar-refractivity contribution in [2.24, 2.45) is 5.92 Å². The number of rotatable bonds is 4. The van der Waals surface area contributed by atoms with Gasteiger partial charge < -0.3 is 0 Å². The van der Waals surface area contributed by atoms with Crippen LogP contribution in [0.4, 0.5) is 0 Å². The van der Waals surface area contributed by atoms with E-state index in [1.807, 2.05) is 23.1 Å². The Bertz CT molecular complexity index is 670. The number of likely N-dealkylation sites (tertiary alicyclic amines) is 1. The van der Waals surface area contributed by atoms with Gasteiger partial charge in [0.2, 0.25) is 0 Å². The zero-order valence-corrected chi connectivity index (χ0v) is 16.2. The van der Waals surface area contributed by atoms with E-state index < -0.39 is 0 Å². The average Bonchev–Trinajstić information content (AvgIpc) is 3.03. The molecule has 0 aliphatic carbocycles. The van der Waals surface area contributed by atoms with Crippen molar-refractivity contribution in [1.82, 2.24) is 4.90 Å². The summed E-state index contributed by atoms with van der Waals surface area (Å²) in [6.07, 6.45) is 6.94. The van der Waals surface area contributed by atoms with E-state index >= 15 is 0 Å². The molecule has 0 radical (unpaired) electrons. The van der Waals surface area contributed by atoms with E-state index in [-0.39, 0.29) is 0 Å². The molecule has 0 bridgehead atoms. The van der Waals surface area contributed by atoms with E-state index in [0.717, 1.165) is 11.7 Å². The first kappa shape index (κ1) is 16.7. The summed E-state index contributed by atoms with van der Waals surface area (Å²) < 4.78 is 1.53. The fourth-order valence-corrected chi connectivity index (χ4v) is 6.42. The van der Waals surface area contributed by atoms with Crippen LogP contribution in [0.15, 0.2) is 39.9 Å². The van der Waals surface area contributed by atoms with Crippen molar-refractivity contribution in [3.63, 3.8) is 0 Å². The molecule has 0 saturated carbocycles. The molecule has 1 saturated heterocycles. The summed E-state index contributed by atoms with van der Waals surface area (Å²) in [4.78, 5) is 2.76. The molecular weight excluding hydrogens is 330 g/mol. The Labute approximate surface area is 154 Å². The number of piperidine rings is 1. The van der Waals surface area contributed by atoms with Crippen molar-refractivity contribution >= 4 is 23.1 Å². The summed E-state index contributed by atoms with van der Waals surface area (Å²) in [7, 11) is 0. The van der Waals surface area contributed by atoms with Gasteiger partial charge in [-0.15, -0.1) is 23.1 Å². The van der Waals surface area contributed by atoms with Crippen LogP contribution in [-0.2, 0) is 5.75 Å². The van der Waals surface area contributed by atoms with Gasteiger partial charge in [-0.2, -0.15) is 0 Å². The van der Waals surface area contributed by atoms with Crippen LogP contribution in [0.5, 0.6) is 0 Å². The molecule has 2 aliphatic heterocycles. The molecule has 3 heterocycles. The molecule has 4 rings (SSSR count). The molecule has 1 atom stereocenters. The van der Waals surface area contributed by atoms with Crippen molar-refractivity contribution in [3.8, 4) is 0 Å².